The van der Waals surface area contributed by atoms with E-state index in [4.69, 9.17) is 11.5 Å². The molecule has 0 spiro atoms. The predicted octanol–water partition coefficient (Wildman–Crippen LogP) is 1.21. The molecule has 2 aromatic rings. The van der Waals surface area contributed by atoms with Gasteiger partial charge in [0.1, 0.15) is 23.9 Å². The maximum absolute atomic E-state index is 14.2. The van der Waals surface area contributed by atoms with Gasteiger partial charge in [-0.25, -0.2) is 0 Å². The van der Waals surface area contributed by atoms with E-state index >= 15 is 0 Å². The molecule has 4 rings (SSSR count). The summed E-state index contributed by atoms with van der Waals surface area (Å²) in [6.45, 7) is 4.66. The first-order valence-electron chi connectivity index (χ1n) is 20.1. The number of amides is 6. The van der Waals surface area contributed by atoms with Gasteiger partial charge in [0.15, 0.2) is 0 Å². The fourth-order valence-corrected chi connectivity index (χ4v) is 7.09. The largest absolute Gasteiger partial charge is 0.508 e. The lowest BCUT2D eigenvalue weighted by Crippen LogP contribution is -2.57. The Bertz CT molecular complexity index is 1700. The van der Waals surface area contributed by atoms with Gasteiger partial charge in [-0.15, -0.1) is 0 Å². The Hall–Kier alpha value is -5.28. The van der Waals surface area contributed by atoms with Gasteiger partial charge in [0, 0.05) is 44.6 Å². The molecule has 10 N–H and O–H groups in total. The van der Waals surface area contributed by atoms with Crippen molar-refractivity contribution in [2.75, 3.05) is 19.6 Å². The van der Waals surface area contributed by atoms with Gasteiger partial charge in [0.05, 0.1) is 6.04 Å². The molecule has 2 aliphatic heterocycles. The highest BCUT2D eigenvalue weighted by Gasteiger charge is 2.39. The first kappa shape index (κ1) is 44.4. The van der Waals surface area contributed by atoms with Crippen LogP contribution in [0.5, 0.6) is 5.75 Å². The van der Waals surface area contributed by atoms with Crippen molar-refractivity contribution in [3.05, 3.63) is 77.4 Å². The number of hydrogen-bond acceptors (Lipinski definition) is 9. The predicted molar refractivity (Wildman–Crippen MR) is 216 cm³/mol. The van der Waals surface area contributed by atoms with E-state index in [-0.39, 0.29) is 49.9 Å². The molecular formula is C42H60N8O7. The van der Waals surface area contributed by atoms with E-state index in [1.807, 2.05) is 38.1 Å². The Morgan fingerprint density at radius 2 is 1.58 bits per heavy atom. The van der Waals surface area contributed by atoms with E-state index in [2.05, 4.69) is 26.6 Å². The van der Waals surface area contributed by atoms with Crippen LogP contribution < -0.4 is 38.1 Å². The van der Waals surface area contributed by atoms with Crippen molar-refractivity contribution in [1.82, 2.24) is 31.5 Å². The van der Waals surface area contributed by atoms with E-state index in [1.54, 1.807) is 12.1 Å². The van der Waals surface area contributed by atoms with Crippen LogP contribution in [0.1, 0.15) is 81.9 Å². The van der Waals surface area contributed by atoms with Gasteiger partial charge in [-0.3, -0.25) is 28.8 Å². The van der Waals surface area contributed by atoms with E-state index in [0.29, 0.717) is 45.2 Å². The first-order valence-corrected chi connectivity index (χ1v) is 20.1. The molecule has 1 fully saturated rings. The van der Waals surface area contributed by atoms with Crippen molar-refractivity contribution in [1.29, 1.82) is 0 Å². The molecule has 0 unspecified atom stereocenters. The molecule has 0 radical (unpaired) electrons. The Morgan fingerprint density at radius 3 is 2.26 bits per heavy atom. The third-order valence-corrected chi connectivity index (χ3v) is 10.6. The molecule has 15 heteroatoms. The van der Waals surface area contributed by atoms with Crippen LogP contribution in [0.15, 0.2) is 60.7 Å². The van der Waals surface area contributed by atoms with Crippen LogP contribution in [0.4, 0.5) is 0 Å². The second-order valence-electron chi connectivity index (χ2n) is 15.1. The molecule has 6 atom stereocenters. The maximum atomic E-state index is 14.2. The quantitative estimate of drug-likeness (QED) is 0.136. The number of hydrogen-bond donors (Lipinski definition) is 8. The van der Waals surface area contributed by atoms with Gasteiger partial charge in [-0.05, 0) is 79.8 Å². The molecule has 0 bridgehead atoms. The second-order valence-corrected chi connectivity index (χ2v) is 15.1. The highest BCUT2D eigenvalue weighted by atomic mass is 16.3. The third kappa shape index (κ3) is 14.0. The number of nitrogens with one attached hydrogen (secondary N) is 5. The Balaban J connectivity index is 1.69. The second kappa shape index (κ2) is 22.5. The van der Waals surface area contributed by atoms with E-state index < -0.39 is 59.7 Å². The molecule has 15 nitrogen and oxygen atoms in total. The van der Waals surface area contributed by atoms with Crippen molar-refractivity contribution in [2.45, 2.75) is 115 Å². The number of phenols is 1. The van der Waals surface area contributed by atoms with Gasteiger partial charge in [-0.1, -0.05) is 69.2 Å². The number of phenolic OH excluding ortho intramolecular Hbond substituents is 1. The molecule has 2 aromatic carbocycles. The minimum Gasteiger partial charge on any atom is -0.508 e. The van der Waals surface area contributed by atoms with Gasteiger partial charge >= 0.3 is 0 Å². The Labute approximate surface area is 335 Å². The van der Waals surface area contributed by atoms with Crippen LogP contribution in [-0.2, 0) is 48.2 Å². The number of rotatable bonds is 13. The number of unbranched alkanes of at least 4 members (excludes halogenated alkanes) is 2. The summed E-state index contributed by atoms with van der Waals surface area (Å²) < 4.78 is 0. The molecule has 2 heterocycles. The summed E-state index contributed by atoms with van der Waals surface area (Å²) in [5, 5.41) is 24.2. The number of carbonyl (C=O) groups is 6. The van der Waals surface area contributed by atoms with Crippen molar-refractivity contribution < 1.29 is 33.9 Å². The summed E-state index contributed by atoms with van der Waals surface area (Å²) in [5.74, 6) is -2.99. The fraction of sp³-hybridized carbons (Fsp3) is 0.524. The Kier molecular flexibility index (Phi) is 17.5. The number of nitrogens with two attached hydrogens (primary N) is 2. The van der Waals surface area contributed by atoms with Gasteiger partial charge in [-0.2, -0.15) is 0 Å². The highest BCUT2D eigenvalue weighted by Crippen LogP contribution is 2.21. The fourth-order valence-electron chi connectivity index (χ4n) is 7.09. The average molecular weight is 789 g/mol. The number of aromatic hydroxyl groups is 1. The van der Waals surface area contributed by atoms with E-state index in [0.717, 1.165) is 29.5 Å². The molecule has 0 aromatic heterocycles. The lowest BCUT2D eigenvalue weighted by Gasteiger charge is -2.30. The zero-order valence-electron chi connectivity index (χ0n) is 33.1. The highest BCUT2D eigenvalue weighted by molar-refractivity contribution is 5.94. The van der Waals surface area contributed by atoms with Crippen LogP contribution >= 0.6 is 0 Å². The summed E-state index contributed by atoms with van der Waals surface area (Å²) in [6.07, 6.45) is 6.90. The number of fused-ring (bicyclic) bond motifs is 1. The molecule has 1 saturated heterocycles. The van der Waals surface area contributed by atoms with Gasteiger partial charge in [0.25, 0.3) is 0 Å². The van der Waals surface area contributed by atoms with Crippen molar-refractivity contribution in [2.24, 2.45) is 17.4 Å². The van der Waals surface area contributed by atoms with Gasteiger partial charge < -0.3 is 48.1 Å². The van der Waals surface area contributed by atoms with Crippen LogP contribution in [0.3, 0.4) is 0 Å². The SMILES string of the molecule is CC[C@H](C)[C@H]1NC(=O)C[C@H](Cc2ccc(CN)cc2)NC(=O)[C@@H]2CCCN2C(=O)[C@@H](NC(=O)CCCCCN)CNC(=O)/C=C/[C@H](Cc2ccc(O)cc2)NC1=O. The molecule has 6 amide bonds. The Morgan fingerprint density at radius 1 is 0.895 bits per heavy atom. The van der Waals surface area contributed by atoms with E-state index in [1.165, 1.54) is 29.2 Å². The number of benzene rings is 2. The van der Waals surface area contributed by atoms with Gasteiger partial charge in [0.2, 0.25) is 35.4 Å². The summed E-state index contributed by atoms with van der Waals surface area (Å²) in [5.41, 5.74) is 14.0. The average Bonchev–Trinajstić information content (AvgIpc) is 3.70. The number of nitrogens with zero attached hydrogens (tertiary/aromatic N) is 1. The minimum atomic E-state index is -1.16. The monoisotopic (exact) mass is 788 g/mol. The topological polar surface area (TPSA) is 238 Å². The van der Waals surface area contributed by atoms with Crippen LogP contribution in [0.25, 0.3) is 0 Å². The lowest BCUT2D eigenvalue weighted by atomic mass is 9.96. The standard InChI is InChI=1S/C42H60N8O7/c1-3-27(2)39-41(56)46-31(22-29-14-17-33(51)18-15-29)16-19-36(52)45-26-34(48-37(53)9-5-4-6-20-43)42(57)50-21-7-8-35(50)40(55)47-32(24-38(54)49-39)23-28-10-12-30(25-44)13-11-28/h10-19,27,31-32,34-35,39,51H,3-9,20-26,43-44H2,1-2H3,(H,45,52)(H,46,56)(H,47,55)(H,48,53)(H,49,54)/b19-16+/t27-,31+,32-,34-,35-,39+/m0/s1. The zero-order valence-corrected chi connectivity index (χ0v) is 33.1. The van der Waals surface area contributed by atoms with E-state index in [9.17, 15) is 33.9 Å². The summed E-state index contributed by atoms with van der Waals surface area (Å²) in [7, 11) is 0. The van der Waals surface area contributed by atoms with Crippen molar-refractivity contribution in [3.63, 3.8) is 0 Å². The van der Waals surface area contributed by atoms with Crippen LogP contribution in [0, 0.1) is 5.92 Å². The lowest BCUT2D eigenvalue weighted by molar-refractivity contribution is -0.141. The summed E-state index contributed by atoms with van der Waals surface area (Å²) in [4.78, 5) is 83.8. The third-order valence-electron chi connectivity index (χ3n) is 10.6. The molecule has 57 heavy (non-hydrogen) atoms. The zero-order chi connectivity index (χ0) is 41.3. The van der Waals surface area contributed by atoms with Crippen LogP contribution in [-0.4, -0.2) is 95.3 Å². The minimum absolute atomic E-state index is 0.0758. The molecule has 310 valence electrons. The number of carbonyl (C=O) groups excluding carboxylic acids is 6. The molecular weight excluding hydrogens is 729 g/mol. The normalized spacial score (nSPS) is 23.8. The molecule has 0 saturated carbocycles. The first-order chi connectivity index (χ1) is 27.4. The smallest absolute Gasteiger partial charge is 0.247 e. The molecule has 0 aliphatic carbocycles. The summed E-state index contributed by atoms with van der Waals surface area (Å²) in [6, 6.07) is 9.63. The molecule has 2 aliphatic rings. The van der Waals surface area contributed by atoms with Crippen molar-refractivity contribution >= 4 is 35.4 Å². The van der Waals surface area contributed by atoms with Crippen LogP contribution in [0.2, 0.25) is 0 Å². The maximum Gasteiger partial charge on any atom is 0.247 e. The van der Waals surface area contributed by atoms with Crippen molar-refractivity contribution in [3.8, 4) is 5.75 Å². The summed E-state index contributed by atoms with van der Waals surface area (Å²) >= 11 is 0.